The second-order valence-corrected chi connectivity index (χ2v) is 3.95. The molecule has 0 rings (SSSR count). The van der Waals surface area contributed by atoms with Crippen LogP contribution in [-0.4, -0.2) is 13.7 Å². The van der Waals surface area contributed by atoms with Crippen LogP contribution in [0.3, 0.4) is 0 Å². The Bertz CT molecular complexity index is 216. The molecule has 1 nitrogen and oxygen atoms in total. The molecule has 0 bridgehead atoms. The first-order valence-electron chi connectivity index (χ1n) is 6.41. The summed E-state index contributed by atoms with van der Waals surface area (Å²) in [6.07, 6.45) is 5.35. The number of allylic oxidation sites excluding steroid dienone is 5. The van der Waals surface area contributed by atoms with Gasteiger partial charge in [-0.25, -0.2) is 0 Å². The van der Waals surface area contributed by atoms with Crippen molar-refractivity contribution in [3.8, 4) is 0 Å². The van der Waals surface area contributed by atoms with Gasteiger partial charge in [-0.2, -0.15) is 0 Å². The zero-order chi connectivity index (χ0) is 14.3. The van der Waals surface area contributed by atoms with Crippen LogP contribution in [-0.2, 0) is 4.74 Å². The van der Waals surface area contributed by atoms with E-state index in [9.17, 15) is 0 Å². The third kappa shape index (κ3) is 31.3. The minimum Gasteiger partial charge on any atom is -0.385 e. The molecule has 0 aliphatic carbocycles. The molecule has 0 amide bonds. The Balaban J connectivity index is -0.000000236. The Morgan fingerprint density at radius 1 is 1.06 bits per heavy atom. The van der Waals surface area contributed by atoms with Crippen LogP contribution in [0.4, 0.5) is 0 Å². The normalized spacial score (nSPS) is 9.29. The summed E-state index contributed by atoms with van der Waals surface area (Å²) in [4.78, 5) is 0. The van der Waals surface area contributed by atoms with Crippen molar-refractivity contribution in [1.82, 2.24) is 0 Å². The molecule has 0 spiro atoms. The minimum absolute atomic E-state index is 0.889. The Hall–Kier alpha value is -0.820. The lowest BCUT2D eigenvalue weighted by molar-refractivity contribution is 0.199. The number of hydrogen-bond donors (Lipinski definition) is 0. The van der Waals surface area contributed by atoms with Crippen LogP contribution in [0.2, 0.25) is 0 Å². The summed E-state index contributed by atoms with van der Waals surface area (Å²) >= 11 is 0. The lowest BCUT2D eigenvalue weighted by Crippen LogP contribution is -1.80. The molecule has 0 fully saturated rings. The van der Waals surface area contributed by atoms with Gasteiger partial charge in [-0.1, -0.05) is 56.2 Å². The van der Waals surface area contributed by atoms with E-state index in [0.29, 0.717) is 0 Å². The third-order valence-electron chi connectivity index (χ3n) is 1.40. The van der Waals surface area contributed by atoms with Gasteiger partial charge >= 0.3 is 0 Å². The van der Waals surface area contributed by atoms with E-state index >= 15 is 0 Å². The van der Waals surface area contributed by atoms with Gasteiger partial charge in [0.05, 0.1) is 0 Å². The fourth-order valence-electron chi connectivity index (χ4n) is 1.09. The van der Waals surface area contributed by atoms with E-state index in [-0.39, 0.29) is 0 Å². The van der Waals surface area contributed by atoms with Gasteiger partial charge in [-0.3, -0.25) is 0 Å². The van der Waals surface area contributed by atoms with E-state index in [0.717, 1.165) is 18.6 Å². The van der Waals surface area contributed by atoms with Crippen LogP contribution in [0.1, 0.15) is 54.9 Å². The molecule has 0 aromatic carbocycles. The van der Waals surface area contributed by atoms with Gasteiger partial charge in [0.15, 0.2) is 0 Å². The van der Waals surface area contributed by atoms with Crippen molar-refractivity contribution in [2.75, 3.05) is 13.7 Å². The average molecular weight is 240 g/mol. The summed E-state index contributed by atoms with van der Waals surface area (Å²) in [6, 6.07) is 0. The molecule has 0 aromatic heterocycles. The van der Waals surface area contributed by atoms with Gasteiger partial charge < -0.3 is 4.74 Å². The first-order chi connectivity index (χ1) is 7.93. The Labute approximate surface area is 109 Å². The Kier molecular flexibility index (Phi) is 22.2. The molecule has 0 N–H and O–H groups in total. The maximum absolute atomic E-state index is 4.69. The number of hydrogen-bond acceptors (Lipinski definition) is 1. The molecular formula is C16H32O. The second-order valence-electron chi connectivity index (χ2n) is 3.95. The van der Waals surface area contributed by atoms with Crippen LogP contribution in [0.25, 0.3) is 0 Å². The third-order valence-corrected chi connectivity index (χ3v) is 1.40. The second kappa shape index (κ2) is 17.6. The highest BCUT2D eigenvalue weighted by molar-refractivity contribution is 5.27. The topological polar surface area (TPSA) is 9.23 Å². The molecular weight excluding hydrogens is 208 g/mol. The largest absolute Gasteiger partial charge is 0.385 e. The molecule has 0 aromatic rings. The predicted molar refractivity (Wildman–Crippen MR) is 81.5 cm³/mol. The van der Waals surface area contributed by atoms with Gasteiger partial charge in [-0.15, -0.1) is 0 Å². The smallest absolute Gasteiger partial charge is 0.0459 e. The van der Waals surface area contributed by atoms with E-state index < -0.39 is 0 Å². The van der Waals surface area contributed by atoms with Gasteiger partial charge in [0.1, 0.15) is 0 Å². The highest BCUT2D eigenvalue weighted by Crippen LogP contribution is 2.03. The summed E-state index contributed by atoms with van der Waals surface area (Å²) in [7, 11) is 1.71. The summed E-state index contributed by atoms with van der Waals surface area (Å²) < 4.78 is 4.69. The lowest BCUT2D eigenvalue weighted by Gasteiger charge is -1.93. The van der Waals surface area contributed by atoms with E-state index in [2.05, 4.69) is 46.4 Å². The molecule has 102 valence electrons. The highest BCUT2D eigenvalue weighted by Gasteiger charge is 1.82. The standard InChI is InChI=1S/C10H16.C4H10O.C2H6/c1-8(2)6-10(5)7-9(3)4;1-3-4-5-2;1-2/h6-7H,1H2,2-5H3;3-4H2,1-2H3;1-2H3/b10-6-;;. The zero-order valence-electron chi connectivity index (χ0n) is 13.2. The van der Waals surface area contributed by atoms with E-state index in [1.54, 1.807) is 7.11 Å². The van der Waals surface area contributed by atoms with Crippen LogP contribution in [0.15, 0.2) is 35.5 Å². The van der Waals surface area contributed by atoms with Crippen LogP contribution in [0.5, 0.6) is 0 Å². The van der Waals surface area contributed by atoms with Crippen molar-refractivity contribution in [3.63, 3.8) is 0 Å². The molecule has 0 saturated heterocycles. The zero-order valence-corrected chi connectivity index (χ0v) is 13.2. The maximum atomic E-state index is 4.69. The van der Waals surface area contributed by atoms with E-state index in [1.807, 2.05) is 20.8 Å². The quantitative estimate of drug-likeness (QED) is 0.586. The summed E-state index contributed by atoms with van der Waals surface area (Å²) in [5.41, 5.74) is 3.71. The van der Waals surface area contributed by atoms with Gasteiger partial charge in [0.2, 0.25) is 0 Å². The van der Waals surface area contributed by atoms with Crippen molar-refractivity contribution < 1.29 is 4.74 Å². The lowest BCUT2D eigenvalue weighted by atomic mass is 10.1. The summed E-state index contributed by atoms with van der Waals surface area (Å²) in [6.45, 7) is 19.0. The van der Waals surface area contributed by atoms with Gasteiger partial charge in [0, 0.05) is 13.7 Å². The number of methoxy groups -OCH3 is 1. The summed E-state index contributed by atoms with van der Waals surface area (Å²) in [5.74, 6) is 0. The molecule has 0 unspecified atom stereocenters. The van der Waals surface area contributed by atoms with Crippen LogP contribution in [0, 0.1) is 0 Å². The number of rotatable bonds is 4. The van der Waals surface area contributed by atoms with E-state index in [1.165, 1.54) is 11.1 Å². The molecule has 1 heteroatoms. The highest BCUT2D eigenvalue weighted by atomic mass is 16.5. The first kappa shape index (κ1) is 21.5. The van der Waals surface area contributed by atoms with Crippen molar-refractivity contribution in [1.29, 1.82) is 0 Å². The number of ether oxygens (including phenoxy) is 1. The monoisotopic (exact) mass is 240 g/mol. The van der Waals surface area contributed by atoms with Gasteiger partial charge in [0.25, 0.3) is 0 Å². The molecule has 17 heavy (non-hydrogen) atoms. The van der Waals surface area contributed by atoms with Crippen LogP contribution >= 0.6 is 0 Å². The molecule has 0 saturated carbocycles. The van der Waals surface area contributed by atoms with Crippen LogP contribution < -0.4 is 0 Å². The van der Waals surface area contributed by atoms with Gasteiger partial charge in [-0.05, 0) is 34.1 Å². The molecule has 0 aliphatic rings. The van der Waals surface area contributed by atoms with Crippen molar-refractivity contribution in [2.24, 2.45) is 0 Å². The first-order valence-corrected chi connectivity index (χ1v) is 6.41. The molecule has 0 aliphatic heterocycles. The SMILES string of the molecule is C=C(C)/C=C(/C)C=C(C)C.CC.CCCOC. The Morgan fingerprint density at radius 3 is 1.71 bits per heavy atom. The minimum atomic E-state index is 0.889. The molecule has 0 atom stereocenters. The average Bonchev–Trinajstić information content (AvgIpc) is 2.20. The molecule has 0 radical (unpaired) electrons. The Morgan fingerprint density at radius 2 is 1.53 bits per heavy atom. The van der Waals surface area contributed by atoms with Crippen molar-refractivity contribution in [2.45, 2.75) is 54.9 Å². The predicted octanol–water partition coefficient (Wildman–Crippen LogP) is 5.54. The summed E-state index contributed by atoms with van der Waals surface area (Å²) in [5, 5.41) is 0. The molecule has 0 heterocycles. The fraction of sp³-hybridized carbons (Fsp3) is 0.625. The fourth-order valence-corrected chi connectivity index (χ4v) is 1.09. The van der Waals surface area contributed by atoms with Crippen molar-refractivity contribution in [3.05, 3.63) is 35.5 Å². The van der Waals surface area contributed by atoms with E-state index in [4.69, 9.17) is 4.74 Å². The van der Waals surface area contributed by atoms with Crippen molar-refractivity contribution >= 4 is 0 Å². The maximum Gasteiger partial charge on any atom is 0.0459 e.